The SMILES string of the molecule is N=C(N)CCN1c2ccc(Br)cc2C2(CCCCC2)c2cc(CO)ccc21.N=N. The van der Waals surface area contributed by atoms with E-state index >= 15 is 0 Å². The zero-order valence-electron chi connectivity index (χ0n) is 16.5. The van der Waals surface area contributed by atoms with E-state index in [1.165, 1.54) is 41.8 Å². The normalized spacial score (nSPS) is 16.4. The van der Waals surface area contributed by atoms with Gasteiger partial charge in [-0.05, 0) is 53.8 Å². The number of nitrogens with two attached hydrogens (primary N) is 1. The molecule has 154 valence electrons. The molecule has 0 amide bonds. The van der Waals surface area contributed by atoms with E-state index in [1.807, 2.05) is 6.07 Å². The maximum Gasteiger partial charge on any atom is 0.0923 e. The number of halogens is 1. The standard InChI is InChI=1S/C22H26BrN3O.H2N2/c23-16-5-7-20-18(13-16)22(9-2-1-3-10-22)17-12-15(14-27)4-6-19(17)26(20)11-8-21(24)25;1-2/h4-7,12-13,27H,1-3,8-11,14H2,(H3,24,25);1-2H. The largest absolute Gasteiger partial charge is 0.392 e. The third-order valence-electron chi connectivity index (χ3n) is 6.13. The highest BCUT2D eigenvalue weighted by molar-refractivity contribution is 9.10. The maximum atomic E-state index is 9.74. The highest BCUT2D eigenvalue weighted by atomic mass is 79.9. The van der Waals surface area contributed by atoms with E-state index in [-0.39, 0.29) is 17.9 Å². The Morgan fingerprint density at radius 3 is 2.28 bits per heavy atom. The van der Waals surface area contributed by atoms with E-state index < -0.39 is 0 Å². The van der Waals surface area contributed by atoms with Crippen molar-refractivity contribution < 1.29 is 5.11 Å². The average molecular weight is 458 g/mol. The number of anilines is 2. The van der Waals surface area contributed by atoms with E-state index in [1.54, 1.807) is 0 Å². The van der Waals surface area contributed by atoms with Gasteiger partial charge in [0, 0.05) is 34.2 Å². The van der Waals surface area contributed by atoms with Crippen LogP contribution < -0.4 is 10.6 Å². The Balaban J connectivity index is 0.00000117. The molecule has 2 aromatic rings. The molecular weight excluding hydrogens is 430 g/mol. The third-order valence-corrected chi connectivity index (χ3v) is 6.62. The molecule has 1 aliphatic carbocycles. The Morgan fingerprint density at radius 1 is 1.03 bits per heavy atom. The minimum atomic E-state index is 0.00456. The molecule has 1 saturated carbocycles. The first kappa shape index (κ1) is 21.5. The molecule has 0 unspecified atom stereocenters. The van der Waals surface area contributed by atoms with Gasteiger partial charge in [-0.15, -0.1) is 0 Å². The molecule has 6 N–H and O–H groups in total. The van der Waals surface area contributed by atoms with Gasteiger partial charge in [0.1, 0.15) is 0 Å². The molecule has 1 fully saturated rings. The van der Waals surface area contributed by atoms with E-state index in [9.17, 15) is 5.11 Å². The second-order valence-electron chi connectivity index (χ2n) is 7.74. The smallest absolute Gasteiger partial charge is 0.0923 e. The highest BCUT2D eigenvalue weighted by Crippen LogP contribution is 2.56. The summed E-state index contributed by atoms with van der Waals surface area (Å²) < 4.78 is 1.10. The summed E-state index contributed by atoms with van der Waals surface area (Å²) in [6.07, 6.45) is 6.54. The van der Waals surface area contributed by atoms with Crippen LogP contribution in [0.25, 0.3) is 0 Å². The summed E-state index contributed by atoms with van der Waals surface area (Å²) in [6.45, 7) is 0.744. The van der Waals surface area contributed by atoms with Gasteiger partial charge >= 0.3 is 0 Å². The van der Waals surface area contributed by atoms with Crippen LogP contribution in [0, 0.1) is 16.5 Å². The van der Waals surface area contributed by atoms with Gasteiger partial charge < -0.3 is 15.7 Å². The third kappa shape index (κ3) is 3.94. The van der Waals surface area contributed by atoms with E-state index in [4.69, 9.17) is 22.2 Å². The Kier molecular flexibility index (Phi) is 6.70. The summed E-state index contributed by atoms with van der Waals surface area (Å²) >= 11 is 3.68. The lowest BCUT2D eigenvalue weighted by Crippen LogP contribution is -2.39. The molecule has 1 aliphatic heterocycles. The van der Waals surface area contributed by atoms with Crippen LogP contribution in [0.4, 0.5) is 11.4 Å². The fourth-order valence-electron chi connectivity index (χ4n) is 4.87. The van der Waals surface area contributed by atoms with Crippen LogP contribution in [-0.4, -0.2) is 17.5 Å². The molecule has 1 heterocycles. The quantitative estimate of drug-likeness (QED) is 0.234. The summed E-state index contributed by atoms with van der Waals surface area (Å²) in [5.74, 6) is 0.208. The van der Waals surface area contributed by atoms with Gasteiger partial charge in [-0.2, -0.15) is 0 Å². The summed E-state index contributed by atoms with van der Waals surface area (Å²) in [5.41, 5.74) is 21.8. The van der Waals surface area contributed by atoms with Crippen LogP contribution in [0.3, 0.4) is 0 Å². The Labute approximate surface area is 180 Å². The number of hydrogen-bond donors (Lipinski definition) is 5. The molecule has 7 heteroatoms. The Hall–Kier alpha value is -2.25. The number of hydrogen-bond acceptors (Lipinski definition) is 5. The van der Waals surface area contributed by atoms with Crippen LogP contribution in [0.1, 0.15) is 55.2 Å². The minimum absolute atomic E-state index is 0.00456. The lowest BCUT2D eigenvalue weighted by molar-refractivity contribution is 0.281. The second kappa shape index (κ2) is 9.05. The van der Waals surface area contributed by atoms with Gasteiger partial charge in [0.2, 0.25) is 0 Å². The lowest BCUT2D eigenvalue weighted by Gasteiger charge is -2.48. The molecule has 0 saturated heterocycles. The van der Waals surface area contributed by atoms with Gasteiger partial charge in [-0.1, -0.05) is 47.3 Å². The van der Waals surface area contributed by atoms with Crippen molar-refractivity contribution in [1.82, 2.24) is 0 Å². The fraction of sp³-hybridized carbons (Fsp3) is 0.409. The molecule has 4 rings (SSSR count). The molecule has 2 aliphatic rings. The van der Waals surface area contributed by atoms with Crippen molar-refractivity contribution in [2.24, 2.45) is 5.73 Å². The predicted molar refractivity (Wildman–Crippen MR) is 119 cm³/mol. The number of nitrogens with zero attached hydrogens (tertiary/aromatic N) is 1. The van der Waals surface area contributed by atoms with Gasteiger partial charge in [0.25, 0.3) is 0 Å². The number of amidine groups is 1. The minimum Gasteiger partial charge on any atom is -0.392 e. The van der Waals surface area contributed by atoms with Crippen LogP contribution in [0.15, 0.2) is 40.9 Å². The number of aliphatic hydroxyl groups is 1. The summed E-state index contributed by atoms with van der Waals surface area (Å²) in [5, 5.41) is 17.4. The predicted octanol–water partition coefficient (Wildman–Crippen LogP) is 5.57. The lowest BCUT2D eigenvalue weighted by atomic mass is 9.62. The molecule has 0 bridgehead atoms. The van der Waals surface area contributed by atoms with Crippen LogP contribution in [0.5, 0.6) is 0 Å². The average Bonchev–Trinajstić information content (AvgIpc) is 2.76. The van der Waals surface area contributed by atoms with Crippen molar-refractivity contribution >= 4 is 33.1 Å². The summed E-state index contributed by atoms with van der Waals surface area (Å²) in [6, 6.07) is 12.9. The zero-order chi connectivity index (χ0) is 21.0. The first-order valence-electron chi connectivity index (χ1n) is 9.95. The molecule has 0 radical (unpaired) electrons. The van der Waals surface area contributed by atoms with Crippen molar-refractivity contribution in [3.05, 3.63) is 57.6 Å². The number of fused-ring (bicyclic) bond motifs is 4. The zero-order valence-corrected chi connectivity index (χ0v) is 18.1. The monoisotopic (exact) mass is 457 g/mol. The van der Waals surface area contributed by atoms with Gasteiger partial charge in [0.05, 0.1) is 12.4 Å². The summed E-state index contributed by atoms with van der Waals surface area (Å²) in [4.78, 5) is 2.31. The number of benzene rings is 2. The molecular formula is C22H28BrN5O. The summed E-state index contributed by atoms with van der Waals surface area (Å²) in [7, 11) is 0. The maximum absolute atomic E-state index is 9.74. The molecule has 0 aromatic heterocycles. The van der Waals surface area contributed by atoms with Crippen LogP contribution >= 0.6 is 15.9 Å². The van der Waals surface area contributed by atoms with Gasteiger partial charge in [-0.3, -0.25) is 5.41 Å². The Bertz CT molecular complexity index is 895. The van der Waals surface area contributed by atoms with E-state index in [0.29, 0.717) is 13.0 Å². The molecule has 2 aromatic carbocycles. The molecule has 6 nitrogen and oxygen atoms in total. The van der Waals surface area contributed by atoms with Crippen molar-refractivity contribution in [3.8, 4) is 0 Å². The second-order valence-corrected chi connectivity index (χ2v) is 8.66. The fourth-order valence-corrected chi connectivity index (χ4v) is 5.23. The highest BCUT2D eigenvalue weighted by Gasteiger charge is 2.43. The van der Waals surface area contributed by atoms with Crippen molar-refractivity contribution in [1.29, 1.82) is 16.5 Å². The van der Waals surface area contributed by atoms with Crippen LogP contribution in [0.2, 0.25) is 0 Å². The van der Waals surface area contributed by atoms with Crippen molar-refractivity contribution in [2.45, 2.75) is 50.5 Å². The van der Waals surface area contributed by atoms with E-state index in [0.717, 1.165) is 22.9 Å². The number of nitrogens with one attached hydrogen (secondary N) is 3. The molecule has 1 spiro atoms. The van der Waals surface area contributed by atoms with Crippen LogP contribution in [-0.2, 0) is 12.0 Å². The van der Waals surface area contributed by atoms with E-state index in [2.05, 4.69) is 51.2 Å². The Morgan fingerprint density at radius 2 is 1.66 bits per heavy atom. The first-order chi connectivity index (χ1) is 14.0. The molecule has 0 atom stereocenters. The van der Waals surface area contributed by atoms with Gasteiger partial charge in [0.15, 0.2) is 0 Å². The number of rotatable bonds is 4. The first-order valence-corrected chi connectivity index (χ1v) is 10.7. The number of aliphatic hydroxyl groups excluding tert-OH is 1. The molecule has 29 heavy (non-hydrogen) atoms. The topological polar surface area (TPSA) is 121 Å². The van der Waals surface area contributed by atoms with Crippen molar-refractivity contribution in [3.63, 3.8) is 0 Å². The van der Waals surface area contributed by atoms with Crippen molar-refractivity contribution in [2.75, 3.05) is 11.4 Å². The van der Waals surface area contributed by atoms with Gasteiger partial charge in [-0.25, -0.2) is 11.1 Å².